The maximum atomic E-state index is 7.28. The molecule has 2 atom stereocenters. The average molecular weight is 86.2 g/mol. The Morgan fingerprint density at radius 3 is 3.00 bits per heavy atom. The molecule has 6 heavy (non-hydrogen) atoms. The van der Waals surface area contributed by atoms with Gasteiger partial charge in [-0.3, -0.25) is 0 Å². The van der Waals surface area contributed by atoms with Gasteiger partial charge in [0.25, 0.3) is 0 Å². The van der Waals surface area contributed by atoms with Crippen LogP contribution in [-0.2, 0) is 0 Å². The summed E-state index contributed by atoms with van der Waals surface area (Å²) in [5, 5.41) is 3.10. The zero-order chi connectivity index (χ0) is 5.28. The molecule has 1 heterocycles. The summed E-state index contributed by atoms with van der Waals surface area (Å²) < 4.78 is 7.28. The lowest BCUT2D eigenvalue weighted by Crippen LogP contribution is -1.85. The fourth-order valence-electron chi connectivity index (χ4n) is 0.519. The molecule has 0 aliphatic carbocycles. The summed E-state index contributed by atoms with van der Waals surface area (Å²) in [6.45, 7) is 3.12. The molecule has 1 rings (SSSR count). The molecule has 0 amide bonds. The molecule has 0 aromatic heterocycles. The minimum atomic E-state index is 0.153. The summed E-state index contributed by atoms with van der Waals surface area (Å²) in [6.07, 6.45) is 1.14. The van der Waals surface area contributed by atoms with Gasteiger partial charge in [0, 0.05) is 14.0 Å². The molecule has 0 spiro atoms. The maximum absolute atomic E-state index is 7.28. The lowest BCUT2D eigenvalue weighted by Gasteiger charge is -1.81. The van der Waals surface area contributed by atoms with Crippen molar-refractivity contribution in [3.8, 4) is 0 Å². The zero-order valence-corrected chi connectivity index (χ0v) is 4.07. The molecule has 0 aromatic rings. The third kappa shape index (κ3) is 0.977. The standard InChI is InChI=1S/C5H11N/c1-2-3-5-4-6-5/h5-6H,2-4H2,1H3/i3D. The van der Waals surface area contributed by atoms with Gasteiger partial charge < -0.3 is 5.32 Å². The minimum Gasteiger partial charge on any atom is -0.311 e. The molecule has 0 bridgehead atoms. The van der Waals surface area contributed by atoms with E-state index in [1.54, 1.807) is 0 Å². The fraction of sp³-hybridized carbons (Fsp3) is 1.00. The van der Waals surface area contributed by atoms with Crippen LogP contribution in [0.5, 0.6) is 0 Å². The van der Waals surface area contributed by atoms with E-state index in [9.17, 15) is 0 Å². The highest BCUT2D eigenvalue weighted by Crippen LogP contribution is 2.03. The molecule has 0 aromatic carbocycles. The van der Waals surface area contributed by atoms with Crippen molar-refractivity contribution < 1.29 is 1.37 Å². The molecule has 1 fully saturated rings. The Morgan fingerprint density at radius 2 is 2.83 bits per heavy atom. The molecule has 1 saturated heterocycles. The van der Waals surface area contributed by atoms with E-state index in [0.29, 0.717) is 6.04 Å². The normalized spacial score (nSPS) is 38.2. The van der Waals surface area contributed by atoms with Gasteiger partial charge in [-0.15, -0.1) is 0 Å². The van der Waals surface area contributed by atoms with Crippen LogP contribution < -0.4 is 5.32 Å². The van der Waals surface area contributed by atoms with Crippen LogP contribution in [0, 0.1) is 0 Å². The van der Waals surface area contributed by atoms with E-state index in [0.717, 1.165) is 13.0 Å². The van der Waals surface area contributed by atoms with E-state index in [-0.39, 0.29) is 6.40 Å². The highest BCUT2D eigenvalue weighted by atomic mass is 15.1. The van der Waals surface area contributed by atoms with Crippen molar-refractivity contribution in [2.24, 2.45) is 0 Å². The second kappa shape index (κ2) is 1.61. The van der Waals surface area contributed by atoms with Crippen molar-refractivity contribution in [2.45, 2.75) is 25.8 Å². The first kappa shape index (κ1) is 3.03. The predicted octanol–water partition coefficient (Wildman–Crippen LogP) is 0.758. The molecule has 0 saturated carbocycles. The van der Waals surface area contributed by atoms with Gasteiger partial charge in [-0.25, -0.2) is 0 Å². The minimum absolute atomic E-state index is 0.153. The van der Waals surface area contributed by atoms with E-state index in [4.69, 9.17) is 1.37 Å². The van der Waals surface area contributed by atoms with Gasteiger partial charge in [0.2, 0.25) is 0 Å². The van der Waals surface area contributed by atoms with E-state index in [1.807, 2.05) is 0 Å². The van der Waals surface area contributed by atoms with Crippen LogP contribution in [0.4, 0.5) is 0 Å². The Balaban J connectivity index is 2.10. The third-order valence-corrected chi connectivity index (χ3v) is 0.960. The SMILES string of the molecule is [2H]C(CC)C1CN1. The summed E-state index contributed by atoms with van der Waals surface area (Å²) in [5.74, 6) is 0. The number of hydrogen-bond acceptors (Lipinski definition) is 1. The van der Waals surface area contributed by atoms with Crippen LogP contribution in [0.2, 0.25) is 0 Å². The molecule has 0 radical (unpaired) electrons. The Kier molecular flexibility index (Phi) is 0.810. The second-order valence-electron chi connectivity index (χ2n) is 1.66. The molecule has 1 N–H and O–H groups in total. The van der Waals surface area contributed by atoms with Gasteiger partial charge >= 0.3 is 0 Å². The van der Waals surface area contributed by atoms with Gasteiger partial charge in [0.05, 0.1) is 0 Å². The van der Waals surface area contributed by atoms with E-state index in [2.05, 4.69) is 12.2 Å². The fourth-order valence-corrected chi connectivity index (χ4v) is 0.519. The smallest absolute Gasteiger partial charge is 0.0283 e. The molecule has 2 unspecified atom stereocenters. The van der Waals surface area contributed by atoms with Crippen LogP contribution in [0.1, 0.15) is 21.1 Å². The second-order valence-corrected chi connectivity index (χ2v) is 1.66. The van der Waals surface area contributed by atoms with Gasteiger partial charge in [-0.2, -0.15) is 0 Å². The van der Waals surface area contributed by atoms with Crippen molar-refractivity contribution >= 4 is 0 Å². The lowest BCUT2D eigenvalue weighted by atomic mass is 10.3. The van der Waals surface area contributed by atoms with Gasteiger partial charge in [0.15, 0.2) is 0 Å². The summed E-state index contributed by atoms with van der Waals surface area (Å²) in [6, 6.07) is 0.532. The summed E-state index contributed by atoms with van der Waals surface area (Å²) in [7, 11) is 0. The highest BCUT2D eigenvalue weighted by Gasteiger charge is 2.16. The molecule has 1 nitrogen and oxygen atoms in total. The Morgan fingerprint density at radius 1 is 2.17 bits per heavy atom. The first-order valence-corrected chi connectivity index (χ1v) is 2.50. The molecule has 1 aliphatic rings. The Hall–Kier alpha value is -0.0400. The first-order valence-electron chi connectivity index (χ1n) is 3.08. The third-order valence-electron chi connectivity index (χ3n) is 0.960. The van der Waals surface area contributed by atoms with Crippen molar-refractivity contribution in [3.05, 3.63) is 0 Å². The van der Waals surface area contributed by atoms with Crippen molar-refractivity contribution in [1.29, 1.82) is 0 Å². The van der Waals surface area contributed by atoms with E-state index < -0.39 is 0 Å². The van der Waals surface area contributed by atoms with Crippen LogP contribution >= 0.6 is 0 Å². The van der Waals surface area contributed by atoms with E-state index in [1.165, 1.54) is 0 Å². The molecule has 36 valence electrons. The van der Waals surface area contributed by atoms with Crippen molar-refractivity contribution in [3.63, 3.8) is 0 Å². The Labute approximate surface area is 40.1 Å². The molecule has 1 heteroatoms. The largest absolute Gasteiger partial charge is 0.311 e. The van der Waals surface area contributed by atoms with Crippen LogP contribution in [0.3, 0.4) is 0 Å². The molecular weight excluding hydrogens is 74.1 g/mol. The van der Waals surface area contributed by atoms with Crippen molar-refractivity contribution in [1.82, 2.24) is 5.32 Å². The summed E-state index contributed by atoms with van der Waals surface area (Å²) in [5.41, 5.74) is 0. The quantitative estimate of drug-likeness (QED) is 0.492. The first-order chi connectivity index (χ1) is 3.34. The van der Waals surface area contributed by atoms with Crippen LogP contribution in [0.25, 0.3) is 0 Å². The van der Waals surface area contributed by atoms with Crippen LogP contribution in [0.15, 0.2) is 0 Å². The van der Waals surface area contributed by atoms with Crippen LogP contribution in [-0.4, -0.2) is 12.6 Å². The van der Waals surface area contributed by atoms with Gasteiger partial charge in [-0.05, 0) is 6.40 Å². The maximum Gasteiger partial charge on any atom is 0.0283 e. The summed E-state index contributed by atoms with van der Waals surface area (Å²) in [4.78, 5) is 0. The number of hydrogen-bond donors (Lipinski definition) is 1. The topological polar surface area (TPSA) is 21.9 Å². The molecule has 1 aliphatic heterocycles. The summed E-state index contributed by atoms with van der Waals surface area (Å²) >= 11 is 0. The molecular formula is C5H11N. The predicted molar refractivity (Wildman–Crippen MR) is 26.7 cm³/mol. The Bertz CT molecular complexity index is 61.1. The highest BCUT2D eigenvalue weighted by molar-refractivity contribution is 4.81. The lowest BCUT2D eigenvalue weighted by molar-refractivity contribution is 0.778. The number of rotatable bonds is 2. The van der Waals surface area contributed by atoms with E-state index >= 15 is 0 Å². The average Bonchev–Trinajstić information content (AvgIpc) is 2.44. The zero-order valence-electron chi connectivity index (χ0n) is 5.07. The van der Waals surface area contributed by atoms with Crippen molar-refractivity contribution in [2.75, 3.05) is 6.54 Å². The van der Waals surface area contributed by atoms with Gasteiger partial charge in [-0.1, -0.05) is 13.3 Å². The van der Waals surface area contributed by atoms with Gasteiger partial charge in [0.1, 0.15) is 0 Å². The monoisotopic (exact) mass is 86.1 g/mol. The number of nitrogens with one attached hydrogen (secondary N) is 1.